The summed E-state index contributed by atoms with van der Waals surface area (Å²) in [6.45, 7) is 1.14. The minimum Gasteiger partial charge on any atom is -0.481 e. The molecule has 1 aromatic carbocycles. The van der Waals surface area contributed by atoms with Crippen LogP contribution < -0.4 is 5.32 Å². The van der Waals surface area contributed by atoms with Crippen molar-refractivity contribution in [1.82, 2.24) is 4.90 Å². The highest BCUT2D eigenvalue weighted by Gasteiger charge is 2.37. The van der Waals surface area contributed by atoms with Crippen molar-refractivity contribution in [3.8, 4) is 0 Å². The van der Waals surface area contributed by atoms with Gasteiger partial charge >= 0.3 is 5.97 Å². The van der Waals surface area contributed by atoms with Gasteiger partial charge in [0.15, 0.2) is 0 Å². The fraction of sp³-hybridized carbons (Fsp3) is 0.526. The lowest BCUT2D eigenvalue weighted by Gasteiger charge is -2.33. The van der Waals surface area contributed by atoms with Crippen LogP contribution in [0.3, 0.4) is 0 Å². The van der Waals surface area contributed by atoms with Crippen molar-refractivity contribution in [2.24, 2.45) is 17.8 Å². The third-order valence-corrected chi connectivity index (χ3v) is 5.35. The van der Waals surface area contributed by atoms with Gasteiger partial charge in [-0.25, -0.2) is 0 Å². The minimum atomic E-state index is -0.799. The summed E-state index contributed by atoms with van der Waals surface area (Å²) in [5.41, 5.74) is 0.789. The van der Waals surface area contributed by atoms with E-state index < -0.39 is 5.97 Å². The zero-order valence-electron chi connectivity index (χ0n) is 14.2. The monoisotopic (exact) mass is 344 g/mol. The molecule has 1 aromatic rings. The second-order valence-electron chi connectivity index (χ2n) is 7.00. The van der Waals surface area contributed by atoms with E-state index in [9.17, 15) is 14.4 Å². The maximum atomic E-state index is 12.6. The minimum absolute atomic E-state index is 0.00473. The number of carboxylic acids is 1. The Hall–Kier alpha value is -2.37. The molecule has 1 saturated carbocycles. The van der Waals surface area contributed by atoms with Crippen LogP contribution in [0.1, 0.15) is 32.1 Å². The number of carboxylic acid groups (broad SMARTS) is 1. The van der Waals surface area contributed by atoms with Gasteiger partial charge in [0.2, 0.25) is 11.8 Å². The van der Waals surface area contributed by atoms with E-state index in [2.05, 4.69) is 5.32 Å². The first kappa shape index (κ1) is 17.5. The number of anilines is 1. The molecule has 1 aliphatic heterocycles. The number of piperidine rings is 1. The number of amides is 2. The van der Waals surface area contributed by atoms with Crippen molar-refractivity contribution in [2.45, 2.75) is 32.1 Å². The van der Waals surface area contributed by atoms with Crippen LogP contribution in [0.25, 0.3) is 0 Å². The van der Waals surface area contributed by atoms with Crippen LogP contribution in [-0.4, -0.2) is 40.9 Å². The van der Waals surface area contributed by atoms with Gasteiger partial charge in [0, 0.05) is 30.6 Å². The largest absolute Gasteiger partial charge is 0.481 e. The first-order valence-corrected chi connectivity index (χ1v) is 8.92. The Balaban J connectivity index is 1.47. The van der Waals surface area contributed by atoms with Gasteiger partial charge in [0.1, 0.15) is 0 Å². The molecular weight excluding hydrogens is 320 g/mol. The average Bonchev–Trinajstić information content (AvgIpc) is 3.12. The predicted molar refractivity (Wildman–Crippen MR) is 92.8 cm³/mol. The van der Waals surface area contributed by atoms with E-state index in [4.69, 9.17) is 5.11 Å². The summed E-state index contributed by atoms with van der Waals surface area (Å²) in [5.74, 6) is -1.37. The van der Waals surface area contributed by atoms with Gasteiger partial charge in [-0.05, 0) is 44.2 Å². The molecule has 1 aliphatic carbocycles. The Kier molecular flexibility index (Phi) is 5.36. The standard InChI is InChI=1S/C19H24N2O4/c22-17(20-16-4-2-1-3-5-16)13-8-10-21(11-9-13)18(23)14-6-7-15(12-14)19(24)25/h1-5,13-15H,6-12H2,(H,20,22)(H,24,25)/t14-,15+/m0/s1. The molecule has 0 aromatic heterocycles. The molecule has 2 atom stereocenters. The number of rotatable bonds is 4. The van der Waals surface area contributed by atoms with Crippen LogP contribution in [0.4, 0.5) is 5.69 Å². The van der Waals surface area contributed by atoms with Gasteiger partial charge in [0.25, 0.3) is 0 Å². The van der Waals surface area contributed by atoms with E-state index in [0.717, 1.165) is 5.69 Å². The fourth-order valence-electron chi connectivity index (χ4n) is 3.82. The first-order valence-electron chi connectivity index (χ1n) is 8.92. The normalized spacial score (nSPS) is 24.1. The molecule has 0 spiro atoms. The van der Waals surface area contributed by atoms with Crippen molar-refractivity contribution in [1.29, 1.82) is 0 Å². The van der Waals surface area contributed by atoms with Crippen LogP contribution in [-0.2, 0) is 14.4 Å². The van der Waals surface area contributed by atoms with Crippen molar-refractivity contribution in [3.05, 3.63) is 30.3 Å². The van der Waals surface area contributed by atoms with Crippen molar-refractivity contribution in [2.75, 3.05) is 18.4 Å². The van der Waals surface area contributed by atoms with E-state index in [-0.39, 0.29) is 29.6 Å². The molecule has 2 fully saturated rings. The predicted octanol–water partition coefficient (Wildman–Crippen LogP) is 2.36. The van der Waals surface area contributed by atoms with E-state index >= 15 is 0 Å². The second kappa shape index (κ2) is 7.68. The van der Waals surface area contributed by atoms with Gasteiger partial charge in [-0.15, -0.1) is 0 Å². The lowest BCUT2D eigenvalue weighted by atomic mass is 9.94. The number of benzene rings is 1. The molecule has 25 heavy (non-hydrogen) atoms. The summed E-state index contributed by atoms with van der Waals surface area (Å²) in [4.78, 5) is 37.8. The number of hydrogen-bond acceptors (Lipinski definition) is 3. The van der Waals surface area contributed by atoms with E-state index in [0.29, 0.717) is 45.2 Å². The molecule has 2 N–H and O–H groups in total. The molecule has 6 nitrogen and oxygen atoms in total. The Morgan fingerprint density at radius 1 is 0.920 bits per heavy atom. The van der Waals surface area contributed by atoms with Gasteiger partial charge in [0.05, 0.1) is 5.92 Å². The average molecular weight is 344 g/mol. The second-order valence-corrected chi connectivity index (χ2v) is 7.00. The third kappa shape index (κ3) is 4.18. The summed E-state index contributed by atoms with van der Waals surface area (Å²) in [6, 6.07) is 9.37. The summed E-state index contributed by atoms with van der Waals surface area (Å²) in [6.07, 6.45) is 2.99. The van der Waals surface area contributed by atoms with Crippen LogP contribution in [0.15, 0.2) is 30.3 Å². The topological polar surface area (TPSA) is 86.7 Å². The Morgan fingerprint density at radius 3 is 2.16 bits per heavy atom. The Bertz CT molecular complexity index is 638. The summed E-state index contributed by atoms with van der Waals surface area (Å²) in [7, 11) is 0. The van der Waals surface area contributed by atoms with Crippen molar-refractivity contribution >= 4 is 23.5 Å². The smallest absolute Gasteiger partial charge is 0.306 e. The van der Waals surface area contributed by atoms with Gasteiger partial charge in [-0.2, -0.15) is 0 Å². The molecular formula is C19H24N2O4. The van der Waals surface area contributed by atoms with Crippen LogP contribution >= 0.6 is 0 Å². The summed E-state index contributed by atoms with van der Waals surface area (Å²) in [5, 5.41) is 12.0. The SMILES string of the molecule is O=C(Nc1ccccc1)C1CCN(C(=O)[C@H]2CC[C@@H](C(=O)O)C2)CC1. The number of para-hydroxylation sites is 1. The maximum Gasteiger partial charge on any atom is 0.306 e. The molecule has 2 aliphatic rings. The molecule has 3 rings (SSSR count). The Morgan fingerprint density at radius 2 is 1.56 bits per heavy atom. The van der Waals surface area contributed by atoms with E-state index in [1.54, 1.807) is 4.90 Å². The first-order chi connectivity index (χ1) is 12.0. The molecule has 1 heterocycles. The molecule has 0 unspecified atom stereocenters. The fourth-order valence-corrected chi connectivity index (χ4v) is 3.82. The number of carbonyl (C=O) groups excluding carboxylic acids is 2. The maximum absolute atomic E-state index is 12.6. The Labute approximate surface area is 147 Å². The summed E-state index contributed by atoms with van der Waals surface area (Å²) < 4.78 is 0. The van der Waals surface area contributed by atoms with Crippen molar-refractivity contribution < 1.29 is 19.5 Å². The van der Waals surface area contributed by atoms with Crippen molar-refractivity contribution in [3.63, 3.8) is 0 Å². The number of carbonyl (C=O) groups is 3. The highest BCUT2D eigenvalue weighted by molar-refractivity contribution is 5.92. The van der Waals surface area contributed by atoms with E-state index in [1.165, 1.54) is 0 Å². The quantitative estimate of drug-likeness (QED) is 0.878. The zero-order valence-corrected chi connectivity index (χ0v) is 14.2. The van der Waals surface area contributed by atoms with E-state index in [1.807, 2.05) is 30.3 Å². The molecule has 0 bridgehead atoms. The summed E-state index contributed by atoms with van der Waals surface area (Å²) >= 11 is 0. The lowest BCUT2D eigenvalue weighted by Crippen LogP contribution is -2.43. The number of nitrogens with one attached hydrogen (secondary N) is 1. The lowest BCUT2D eigenvalue weighted by molar-refractivity contribution is -0.142. The highest BCUT2D eigenvalue weighted by atomic mass is 16.4. The zero-order chi connectivity index (χ0) is 17.8. The molecule has 134 valence electrons. The van der Waals surface area contributed by atoms with Gasteiger partial charge in [-0.1, -0.05) is 18.2 Å². The number of nitrogens with zero attached hydrogens (tertiary/aromatic N) is 1. The van der Waals surface area contributed by atoms with Gasteiger partial charge in [-0.3, -0.25) is 14.4 Å². The third-order valence-electron chi connectivity index (χ3n) is 5.35. The van der Waals surface area contributed by atoms with Gasteiger partial charge < -0.3 is 15.3 Å². The molecule has 1 saturated heterocycles. The number of aliphatic carboxylic acids is 1. The van der Waals surface area contributed by atoms with Crippen LogP contribution in [0.2, 0.25) is 0 Å². The molecule has 6 heteroatoms. The number of likely N-dealkylation sites (tertiary alicyclic amines) is 1. The van der Waals surface area contributed by atoms with Crippen LogP contribution in [0.5, 0.6) is 0 Å². The highest BCUT2D eigenvalue weighted by Crippen LogP contribution is 2.33. The molecule has 0 radical (unpaired) electrons. The molecule has 2 amide bonds. The number of hydrogen-bond donors (Lipinski definition) is 2. The van der Waals surface area contributed by atoms with Crippen LogP contribution in [0, 0.1) is 17.8 Å².